The molecule has 1 aromatic rings. The molecule has 4 nitrogen and oxygen atoms in total. The Morgan fingerprint density at radius 2 is 2.06 bits per heavy atom. The monoisotopic (exact) mass is 225 g/mol. The molecule has 1 aromatic heterocycles. The first-order valence-corrected chi connectivity index (χ1v) is 5.52. The summed E-state index contributed by atoms with van der Waals surface area (Å²) in [5.41, 5.74) is 0.330. The Labute approximate surface area is 94.2 Å². The summed E-state index contributed by atoms with van der Waals surface area (Å²) < 4.78 is 19.3. The van der Waals surface area contributed by atoms with E-state index in [0.717, 1.165) is 25.9 Å². The van der Waals surface area contributed by atoms with Gasteiger partial charge in [-0.15, -0.1) is 0 Å². The Bertz CT molecular complexity index is 342. The molecule has 0 saturated carbocycles. The Kier molecular flexibility index (Phi) is 3.66. The third kappa shape index (κ3) is 2.29. The highest BCUT2D eigenvalue weighted by atomic mass is 19.1. The quantitative estimate of drug-likeness (QED) is 0.846. The molecule has 1 unspecified atom stereocenters. The van der Waals surface area contributed by atoms with E-state index in [9.17, 15) is 4.39 Å². The van der Waals surface area contributed by atoms with E-state index in [1.165, 1.54) is 19.5 Å². The van der Waals surface area contributed by atoms with E-state index < -0.39 is 6.17 Å². The molecule has 16 heavy (non-hydrogen) atoms. The SMILES string of the molecule is COc1nccnc1C(F)C1CCNCC1. The van der Waals surface area contributed by atoms with Crippen LogP contribution in [0.1, 0.15) is 24.7 Å². The first-order chi connectivity index (χ1) is 7.83. The minimum Gasteiger partial charge on any atom is -0.480 e. The van der Waals surface area contributed by atoms with Crippen molar-refractivity contribution >= 4 is 0 Å². The lowest BCUT2D eigenvalue weighted by atomic mass is 9.91. The zero-order valence-electron chi connectivity index (χ0n) is 9.32. The molecule has 2 rings (SSSR count). The van der Waals surface area contributed by atoms with Crippen molar-refractivity contribution in [2.45, 2.75) is 19.0 Å². The zero-order chi connectivity index (χ0) is 11.4. The van der Waals surface area contributed by atoms with Gasteiger partial charge in [-0.3, -0.25) is 4.98 Å². The second kappa shape index (κ2) is 5.21. The van der Waals surface area contributed by atoms with Crippen molar-refractivity contribution in [1.29, 1.82) is 0 Å². The maximum atomic E-state index is 14.3. The second-order valence-corrected chi connectivity index (χ2v) is 3.94. The van der Waals surface area contributed by atoms with Gasteiger partial charge in [0.05, 0.1) is 7.11 Å². The highest BCUT2D eigenvalue weighted by Crippen LogP contribution is 2.34. The van der Waals surface area contributed by atoms with Crippen molar-refractivity contribution in [1.82, 2.24) is 15.3 Å². The summed E-state index contributed by atoms with van der Waals surface area (Å²) in [4.78, 5) is 8.01. The van der Waals surface area contributed by atoms with Gasteiger partial charge in [0.15, 0.2) is 6.17 Å². The van der Waals surface area contributed by atoms with E-state index in [1.54, 1.807) is 0 Å². The molecule has 5 heteroatoms. The van der Waals surface area contributed by atoms with Crippen LogP contribution in [0.15, 0.2) is 12.4 Å². The van der Waals surface area contributed by atoms with E-state index in [2.05, 4.69) is 15.3 Å². The first-order valence-electron chi connectivity index (χ1n) is 5.52. The summed E-state index contributed by atoms with van der Waals surface area (Å²) in [5, 5.41) is 3.22. The molecular formula is C11H16FN3O. The van der Waals surface area contributed by atoms with E-state index >= 15 is 0 Å². The standard InChI is InChI=1S/C11H16FN3O/c1-16-11-10(14-6-7-15-11)9(12)8-2-4-13-5-3-8/h6-9,13H,2-5H2,1H3. The molecule has 2 heterocycles. The number of ether oxygens (including phenoxy) is 1. The average molecular weight is 225 g/mol. The molecule has 0 aromatic carbocycles. The number of rotatable bonds is 3. The fraction of sp³-hybridized carbons (Fsp3) is 0.636. The molecule has 88 valence electrons. The number of hydrogen-bond acceptors (Lipinski definition) is 4. The topological polar surface area (TPSA) is 47.0 Å². The van der Waals surface area contributed by atoms with Gasteiger partial charge in [-0.25, -0.2) is 9.37 Å². The van der Waals surface area contributed by atoms with Gasteiger partial charge in [-0.05, 0) is 31.8 Å². The highest BCUT2D eigenvalue weighted by Gasteiger charge is 2.28. The van der Waals surface area contributed by atoms with Crippen LogP contribution < -0.4 is 10.1 Å². The molecule has 0 spiro atoms. The lowest BCUT2D eigenvalue weighted by Gasteiger charge is -2.25. The number of piperidine rings is 1. The molecule has 0 radical (unpaired) electrons. The fourth-order valence-electron chi connectivity index (χ4n) is 2.04. The Balaban J connectivity index is 2.15. The molecule has 0 bridgehead atoms. The lowest BCUT2D eigenvalue weighted by Crippen LogP contribution is -2.30. The van der Waals surface area contributed by atoms with Gasteiger partial charge < -0.3 is 10.1 Å². The van der Waals surface area contributed by atoms with Gasteiger partial charge in [-0.2, -0.15) is 0 Å². The van der Waals surface area contributed by atoms with Gasteiger partial charge in [-0.1, -0.05) is 0 Å². The molecule has 0 amide bonds. The van der Waals surface area contributed by atoms with Crippen molar-refractivity contribution in [3.05, 3.63) is 18.1 Å². The van der Waals surface area contributed by atoms with Crippen molar-refractivity contribution in [2.24, 2.45) is 5.92 Å². The minimum absolute atomic E-state index is 0.0202. The molecule has 1 N–H and O–H groups in total. The Morgan fingerprint density at radius 1 is 1.38 bits per heavy atom. The number of halogens is 1. The summed E-state index contributed by atoms with van der Waals surface area (Å²) >= 11 is 0. The van der Waals surface area contributed by atoms with Gasteiger partial charge in [0.25, 0.3) is 0 Å². The third-order valence-electron chi connectivity index (χ3n) is 2.94. The fourth-order valence-corrected chi connectivity index (χ4v) is 2.04. The third-order valence-corrected chi connectivity index (χ3v) is 2.94. The number of nitrogens with zero attached hydrogens (tertiary/aromatic N) is 2. The predicted octanol–water partition coefficient (Wildman–Crippen LogP) is 1.50. The molecular weight excluding hydrogens is 209 g/mol. The first kappa shape index (κ1) is 11.3. The van der Waals surface area contributed by atoms with E-state index in [1.807, 2.05) is 0 Å². The molecule has 1 saturated heterocycles. The maximum absolute atomic E-state index is 14.3. The van der Waals surface area contributed by atoms with Crippen molar-refractivity contribution in [3.8, 4) is 5.88 Å². The second-order valence-electron chi connectivity index (χ2n) is 3.94. The van der Waals surface area contributed by atoms with Gasteiger partial charge >= 0.3 is 0 Å². The molecule has 1 atom stereocenters. The Morgan fingerprint density at radius 3 is 2.75 bits per heavy atom. The van der Waals surface area contributed by atoms with Crippen LogP contribution in [-0.4, -0.2) is 30.2 Å². The Hall–Kier alpha value is -1.23. The van der Waals surface area contributed by atoms with Crippen LogP contribution in [0.25, 0.3) is 0 Å². The summed E-state index contributed by atoms with van der Waals surface area (Å²) in [5.74, 6) is 0.320. The largest absolute Gasteiger partial charge is 0.480 e. The highest BCUT2D eigenvalue weighted by molar-refractivity contribution is 5.20. The number of nitrogens with one attached hydrogen (secondary N) is 1. The zero-order valence-corrected chi connectivity index (χ0v) is 9.32. The predicted molar refractivity (Wildman–Crippen MR) is 58.0 cm³/mol. The lowest BCUT2D eigenvalue weighted by molar-refractivity contribution is 0.180. The van der Waals surface area contributed by atoms with Gasteiger partial charge in [0, 0.05) is 12.4 Å². The molecule has 1 fully saturated rings. The number of aromatic nitrogens is 2. The van der Waals surface area contributed by atoms with E-state index in [-0.39, 0.29) is 5.92 Å². The summed E-state index contributed by atoms with van der Waals surface area (Å²) in [6.07, 6.45) is 3.61. The normalized spacial score (nSPS) is 19.4. The minimum atomic E-state index is -1.08. The van der Waals surface area contributed by atoms with E-state index in [0.29, 0.717) is 11.6 Å². The van der Waals surface area contributed by atoms with Gasteiger partial charge in [0.2, 0.25) is 5.88 Å². The number of methoxy groups -OCH3 is 1. The molecule has 0 aliphatic carbocycles. The number of hydrogen-bond donors (Lipinski definition) is 1. The van der Waals surface area contributed by atoms with Crippen LogP contribution in [0.3, 0.4) is 0 Å². The van der Waals surface area contributed by atoms with E-state index in [4.69, 9.17) is 4.74 Å². The number of alkyl halides is 1. The van der Waals surface area contributed by atoms with Crippen LogP contribution >= 0.6 is 0 Å². The van der Waals surface area contributed by atoms with Crippen LogP contribution in [0, 0.1) is 5.92 Å². The summed E-state index contributed by atoms with van der Waals surface area (Å²) in [7, 11) is 1.49. The van der Waals surface area contributed by atoms with Crippen molar-refractivity contribution in [3.63, 3.8) is 0 Å². The van der Waals surface area contributed by atoms with Crippen LogP contribution in [0.5, 0.6) is 5.88 Å². The smallest absolute Gasteiger partial charge is 0.238 e. The van der Waals surface area contributed by atoms with Crippen molar-refractivity contribution in [2.75, 3.05) is 20.2 Å². The summed E-state index contributed by atoms with van der Waals surface area (Å²) in [6.45, 7) is 1.74. The maximum Gasteiger partial charge on any atom is 0.238 e. The van der Waals surface area contributed by atoms with Gasteiger partial charge in [0.1, 0.15) is 5.69 Å². The molecule has 1 aliphatic rings. The van der Waals surface area contributed by atoms with Crippen molar-refractivity contribution < 1.29 is 9.13 Å². The van der Waals surface area contributed by atoms with Crippen LogP contribution in [0.4, 0.5) is 4.39 Å². The summed E-state index contributed by atoms with van der Waals surface area (Å²) in [6, 6.07) is 0. The average Bonchev–Trinajstić information content (AvgIpc) is 2.39. The van der Waals surface area contributed by atoms with Crippen LogP contribution in [0.2, 0.25) is 0 Å². The van der Waals surface area contributed by atoms with Crippen LogP contribution in [-0.2, 0) is 0 Å². The molecule has 1 aliphatic heterocycles.